The van der Waals surface area contributed by atoms with Crippen LogP contribution in [0.4, 0.5) is 0 Å². The van der Waals surface area contributed by atoms with Crippen LogP contribution in [0, 0.1) is 0 Å². The Morgan fingerprint density at radius 1 is 0.750 bits per heavy atom. The molecule has 0 saturated carbocycles. The molecule has 1 saturated heterocycles. The van der Waals surface area contributed by atoms with Gasteiger partial charge in [-0.25, -0.2) is 0 Å². The molecule has 1 heterocycles. The van der Waals surface area contributed by atoms with Gasteiger partial charge in [-0.3, -0.25) is 4.79 Å². The van der Waals surface area contributed by atoms with Crippen LogP contribution in [0.2, 0.25) is 0 Å². The molecule has 0 aliphatic carbocycles. The molecule has 1 fully saturated rings. The Morgan fingerprint density at radius 3 is 1.62 bits per heavy atom. The fourth-order valence-corrected chi connectivity index (χ4v) is 4.23. The third-order valence-electron chi connectivity index (χ3n) is 6.87. The highest BCUT2D eigenvalue weighted by Crippen LogP contribution is 2.16. The van der Waals surface area contributed by atoms with E-state index in [1.165, 1.54) is 41.8 Å². The van der Waals surface area contributed by atoms with Crippen LogP contribution in [0.3, 0.4) is 0 Å². The Balaban J connectivity index is 0.00000961. The summed E-state index contributed by atoms with van der Waals surface area (Å²) in [4.78, 5) is 14.7. The van der Waals surface area contributed by atoms with Gasteiger partial charge in [-0.1, -0.05) is 40.5 Å². The van der Waals surface area contributed by atoms with Crippen molar-refractivity contribution in [3.8, 4) is 0 Å². The van der Waals surface area contributed by atoms with Crippen LogP contribution in [0.5, 0.6) is 0 Å². The number of likely N-dealkylation sites (N-methyl/N-ethyl adjacent to an activating group) is 1. The molecule has 32 heavy (non-hydrogen) atoms. The molecule has 0 aromatic heterocycles. The summed E-state index contributed by atoms with van der Waals surface area (Å²) < 4.78 is 1.15. The molecule has 0 bridgehead atoms. The number of halogens is 1. The maximum atomic E-state index is 12.6. The van der Waals surface area contributed by atoms with E-state index in [4.69, 9.17) is 0 Å². The summed E-state index contributed by atoms with van der Waals surface area (Å²) in [6.07, 6.45) is 15.5. The van der Waals surface area contributed by atoms with E-state index in [-0.39, 0.29) is 18.3 Å². The van der Waals surface area contributed by atoms with E-state index in [0.717, 1.165) is 62.8 Å². The standard InChI is InChI=1S/C28H49N2O.ClH/c1-8-30(9-2)21-19-29(20-22-30)28(31)23-27(7)18-12-17-26(6)16-11-15-25(5)14-10-13-24(3)4;/h13,15,17,23H,8-12,14,16,18-22H2,1-7H3;1H/q+1;/p-1/b25-15+,26-17+,27-23+;. The highest BCUT2D eigenvalue weighted by molar-refractivity contribution is 5.88. The largest absolute Gasteiger partial charge is 1.00 e. The molecule has 0 atom stereocenters. The summed E-state index contributed by atoms with van der Waals surface area (Å²) in [6.45, 7) is 21.8. The highest BCUT2D eigenvalue weighted by Gasteiger charge is 2.30. The topological polar surface area (TPSA) is 20.3 Å². The molecule has 0 aromatic rings. The molecule has 184 valence electrons. The van der Waals surface area contributed by atoms with Crippen LogP contribution in [0.25, 0.3) is 0 Å². The second kappa shape index (κ2) is 16.3. The Labute approximate surface area is 205 Å². The number of carbonyl (C=O) groups excluding carboxylic acids is 1. The molecule has 1 aliphatic rings. The van der Waals surface area contributed by atoms with Crippen LogP contribution in [-0.4, -0.2) is 54.6 Å². The second-order valence-corrected chi connectivity index (χ2v) is 9.74. The van der Waals surface area contributed by atoms with Gasteiger partial charge in [0.05, 0.1) is 39.3 Å². The zero-order valence-electron chi connectivity index (χ0n) is 22.0. The Kier molecular flexibility index (Phi) is 15.6. The van der Waals surface area contributed by atoms with Crippen LogP contribution in [0.15, 0.2) is 46.6 Å². The monoisotopic (exact) mass is 464 g/mol. The fraction of sp³-hybridized carbons (Fsp3) is 0.679. The summed E-state index contributed by atoms with van der Waals surface area (Å²) >= 11 is 0. The molecule has 0 N–H and O–H groups in total. The number of nitrogens with zero attached hydrogens (tertiary/aromatic N) is 2. The van der Waals surface area contributed by atoms with E-state index in [1.54, 1.807) is 0 Å². The fourth-order valence-electron chi connectivity index (χ4n) is 4.23. The normalized spacial score (nSPS) is 17.1. The lowest BCUT2D eigenvalue weighted by molar-refractivity contribution is -0.928. The van der Waals surface area contributed by atoms with Gasteiger partial charge in [-0.2, -0.15) is 0 Å². The third kappa shape index (κ3) is 12.1. The average Bonchev–Trinajstić information content (AvgIpc) is 2.73. The maximum Gasteiger partial charge on any atom is 0.246 e. The third-order valence-corrected chi connectivity index (χ3v) is 6.87. The number of carbonyl (C=O) groups is 1. The number of hydrogen-bond donors (Lipinski definition) is 0. The first kappa shape index (κ1) is 30.7. The minimum atomic E-state index is 0. The second-order valence-electron chi connectivity index (χ2n) is 9.74. The summed E-state index contributed by atoms with van der Waals surface area (Å²) in [5.41, 5.74) is 5.55. The predicted molar refractivity (Wildman–Crippen MR) is 136 cm³/mol. The number of allylic oxidation sites excluding steroid dienone is 7. The Hall–Kier alpha value is -1.32. The van der Waals surface area contributed by atoms with E-state index in [1.807, 2.05) is 11.0 Å². The Bertz CT molecular complexity index is 670. The number of piperazine rings is 1. The van der Waals surface area contributed by atoms with Crippen molar-refractivity contribution in [2.24, 2.45) is 0 Å². The van der Waals surface area contributed by atoms with Gasteiger partial charge in [0, 0.05) is 6.08 Å². The molecule has 0 unspecified atom stereocenters. The minimum Gasteiger partial charge on any atom is -1.00 e. The lowest BCUT2D eigenvalue weighted by Crippen LogP contribution is -3.00. The first-order valence-corrected chi connectivity index (χ1v) is 12.5. The lowest BCUT2D eigenvalue weighted by Gasteiger charge is -2.43. The van der Waals surface area contributed by atoms with Crippen LogP contribution in [-0.2, 0) is 4.79 Å². The van der Waals surface area contributed by atoms with Gasteiger partial charge in [0.25, 0.3) is 0 Å². The van der Waals surface area contributed by atoms with Crippen molar-refractivity contribution in [3.05, 3.63) is 46.6 Å². The van der Waals surface area contributed by atoms with E-state index in [2.05, 4.69) is 66.7 Å². The highest BCUT2D eigenvalue weighted by atomic mass is 35.5. The molecular formula is C28H49ClN2O. The SMILES string of the molecule is CC[N+]1(CC)CCN(C(=O)/C=C(\C)CC/C=C(\C)CC/C=C(\C)CCC=C(C)C)CC1.[Cl-]. The first-order chi connectivity index (χ1) is 14.7. The molecular weight excluding hydrogens is 416 g/mol. The average molecular weight is 465 g/mol. The zero-order chi connectivity index (χ0) is 23.3. The summed E-state index contributed by atoms with van der Waals surface area (Å²) in [6, 6.07) is 0. The van der Waals surface area contributed by atoms with Crippen molar-refractivity contribution < 1.29 is 21.7 Å². The molecule has 1 rings (SSSR count). The molecule has 0 spiro atoms. The quantitative estimate of drug-likeness (QED) is 0.244. The molecule has 1 amide bonds. The van der Waals surface area contributed by atoms with Crippen LogP contribution >= 0.6 is 0 Å². The van der Waals surface area contributed by atoms with E-state index >= 15 is 0 Å². The van der Waals surface area contributed by atoms with Crippen LogP contribution < -0.4 is 12.4 Å². The van der Waals surface area contributed by atoms with Crippen molar-refractivity contribution in [1.29, 1.82) is 0 Å². The van der Waals surface area contributed by atoms with Gasteiger partial charge in [-0.15, -0.1) is 0 Å². The van der Waals surface area contributed by atoms with E-state index < -0.39 is 0 Å². The lowest BCUT2D eigenvalue weighted by atomic mass is 10.0. The number of hydrogen-bond acceptors (Lipinski definition) is 1. The molecule has 0 aromatic carbocycles. The summed E-state index contributed by atoms with van der Waals surface area (Å²) in [5, 5.41) is 0. The smallest absolute Gasteiger partial charge is 0.246 e. The maximum absolute atomic E-state index is 12.6. The molecule has 1 aliphatic heterocycles. The minimum absolute atomic E-state index is 0. The van der Waals surface area contributed by atoms with E-state index in [0.29, 0.717) is 0 Å². The number of amides is 1. The molecule has 3 nitrogen and oxygen atoms in total. The van der Waals surface area contributed by atoms with Gasteiger partial charge < -0.3 is 21.8 Å². The van der Waals surface area contributed by atoms with Gasteiger partial charge in [0.15, 0.2) is 0 Å². The summed E-state index contributed by atoms with van der Waals surface area (Å²) in [5.74, 6) is 0.205. The molecule has 4 heteroatoms. The number of quaternary nitrogens is 1. The van der Waals surface area contributed by atoms with Crippen molar-refractivity contribution in [2.75, 3.05) is 39.3 Å². The van der Waals surface area contributed by atoms with Crippen LogP contribution in [0.1, 0.15) is 87.0 Å². The zero-order valence-corrected chi connectivity index (χ0v) is 22.7. The van der Waals surface area contributed by atoms with Crippen molar-refractivity contribution in [2.45, 2.75) is 87.0 Å². The van der Waals surface area contributed by atoms with Crippen molar-refractivity contribution >= 4 is 5.91 Å². The first-order valence-electron chi connectivity index (χ1n) is 12.5. The molecule has 0 radical (unpaired) electrons. The van der Waals surface area contributed by atoms with Gasteiger partial charge >= 0.3 is 0 Å². The van der Waals surface area contributed by atoms with Crippen molar-refractivity contribution in [3.63, 3.8) is 0 Å². The summed E-state index contributed by atoms with van der Waals surface area (Å²) in [7, 11) is 0. The van der Waals surface area contributed by atoms with Gasteiger partial charge in [0.1, 0.15) is 0 Å². The van der Waals surface area contributed by atoms with Gasteiger partial charge in [0.2, 0.25) is 5.91 Å². The number of rotatable bonds is 12. The van der Waals surface area contributed by atoms with E-state index in [9.17, 15) is 4.79 Å². The predicted octanol–water partition coefficient (Wildman–Crippen LogP) is 3.83. The van der Waals surface area contributed by atoms with Crippen molar-refractivity contribution in [1.82, 2.24) is 4.90 Å². The Morgan fingerprint density at radius 2 is 1.19 bits per heavy atom. The van der Waals surface area contributed by atoms with Gasteiger partial charge in [-0.05, 0) is 87.0 Å².